The van der Waals surface area contributed by atoms with Gasteiger partial charge >= 0.3 is 18.0 Å². The molecule has 0 aliphatic rings. The molecule has 0 saturated heterocycles. The number of anilines is 2. The van der Waals surface area contributed by atoms with Gasteiger partial charge < -0.3 is 10.6 Å². The summed E-state index contributed by atoms with van der Waals surface area (Å²) in [7, 11) is 0. The summed E-state index contributed by atoms with van der Waals surface area (Å²) >= 11 is 17.1. The number of carbonyl (C=O) groups is 2. The van der Waals surface area contributed by atoms with Crippen molar-refractivity contribution in [2.75, 3.05) is 10.6 Å². The van der Waals surface area contributed by atoms with E-state index in [-0.39, 0.29) is 20.8 Å². The maximum atomic E-state index is 13.0. The molecule has 2 N–H and O–H groups in total. The van der Waals surface area contributed by atoms with Crippen LogP contribution in [0.25, 0.3) is 0 Å². The van der Waals surface area contributed by atoms with E-state index in [1.54, 1.807) is 0 Å². The molecule has 0 unspecified atom stereocenters. The summed E-state index contributed by atoms with van der Waals surface area (Å²) in [4.78, 5) is 23.7. The highest BCUT2D eigenvalue weighted by Crippen LogP contribution is 2.36. The second kappa shape index (κ2) is 7.51. The Hall–Kier alpha value is -1.96. The summed E-state index contributed by atoms with van der Waals surface area (Å²) in [5.41, 5.74) is -1.65. The van der Waals surface area contributed by atoms with Gasteiger partial charge in [0.15, 0.2) is 0 Å². The normalized spacial score (nSPS) is 11.1. The molecular formula is C15H8Cl3F3N2O2. The molecule has 0 aromatic heterocycles. The van der Waals surface area contributed by atoms with Gasteiger partial charge in [-0.2, -0.15) is 13.2 Å². The molecular weight excluding hydrogens is 404 g/mol. The first-order valence-corrected chi connectivity index (χ1v) is 7.65. The van der Waals surface area contributed by atoms with E-state index in [0.29, 0.717) is 6.07 Å². The predicted octanol–water partition coefficient (Wildman–Crippen LogP) is 5.24. The quantitative estimate of drug-likeness (QED) is 0.664. The average molecular weight is 412 g/mol. The number of amides is 2. The van der Waals surface area contributed by atoms with Crippen molar-refractivity contribution in [3.63, 3.8) is 0 Å². The van der Waals surface area contributed by atoms with E-state index in [1.807, 2.05) is 5.32 Å². The molecule has 0 atom stereocenters. The molecule has 0 saturated carbocycles. The number of rotatable bonds is 2. The summed E-state index contributed by atoms with van der Waals surface area (Å²) in [6.45, 7) is 0. The van der Waals surface area contributed by atoms with Crippen LogP contribution in [-0.2, 0) is 15.8 Å². The fourth-order valence-electron chi connectivity index (χ4n) is 1.85. The van der Waals surface area contributed by atoms with Crippen molar-refractivity contribution >= 4 is 58.0 Å². The first-order chi connectivity index (χ1) is 11.6. The highest BCUT2D eigenvalue weighted by molar-refractivity contribution is 6.44. The number of nitrogens with one attached hydrogen (secondary N) is 2. The van der Waals surface area contributed by atoms with Gasteiger partial charge in [-0.25, -0.2) is 0 Å². The van der Waals surface area contributed by atoms with Gasteiger partial charge in [0, 0.05) is 20.8 Å². The molecule has 2 amide bonds. The zero-order chi connectivity index (χ0) is 18.8. The predicted molar refractivity (Wildman–Crippen MR) is 90.2 cm³/mol. The molecule has 2 aromatic carbocycles. The third-order valence-electron chi connectivity index (χ3n) is 2.86. The number of benzene rings is 2. The van der Waals surface area contributed by atoms with Crippen molar-refractivity contribution < 1.29 is 22.8 Å². The Kier molecular flexibility index (Phi) is 5.82. The molecule has 0 aliphatic heterocycles. The van der Waals surface area contributed by atoms with E-state index in [9.17, 15) is 22.8 Å². The largest absolute Gasteiger partial charge is 0.418 e. The van der Waals surface area contributed by atoms with Gasteiger partial charge in [0.2, 0.25) is 0 Å². The van der Waals surface area contributed by atoms with Gasteiger partial charge in [0.05, 0.1) is 11.3 Å². The third-order valence-corrected chi connectivity index (χ3v) is 3.53. The van der Waals surface area contributed by atoms with E-state index in [1.165, 1.54) is 18.2 Å². The van der Waals surface area contributed by atoms with Crippen LogP contribution in [0.1, 0.15) is 5.56 Å². The van der Waals surface area contributed by atoms with Crippen molar-refractivity contribution in [3.05, 3.63) is 57.0 Å². The summed E-state index contributed by atoms with van der Waals surface area (Å²) < 4.78 is 38.9. The van der Waals surface area contributed by atoms with Crippen LogP contribution in [0.15, 0.2) is 36.4 Å². The molecule has 0 aliphatic carbocycles. The van der Waals surface area contributed by atoms with Crippen molar-refractivity contribution in [2.24, 2.45) is 0 Å². The van der Waals surface area contributed by atoms with Crippen LogP contribution in [0.4, 0.5) is 24.5 Å². The second-order valence-corrected chi connectivity index (χ2v) is 6.06. The number of alkyl halides is 3. The fourth-order valence-corrected chi connectivity index (χ4v) is 2.55. The Labute approximate surface area is 154 Å². The van der Waals surface area contributed by atoms with Crippen LogP contribution in [0.5, 0.6) is 0 Å². The minimum absolute atomic E-state index is 0.116. The van der Waals surface area contributed by atoms with Gasteiger partial charge in [-0.05, 0) is 36.4 Å². The highest BCUT2D eigenvalue weighted by Gasteiger charge is 2.34. The van der Waals surface area contributed by atoms with Crippen LogP contribution in [0, 0.1) is 0 Å². The standard InChI is InChI=1S/C15H8Cl3F3N2O2/c16-7-1-2-12(11(6-7)15(19,20)21)23-14(25)13(24)22-10-4-8(17)3-9(18)5-10/h1-6H,(H,22,24)(H,23,25). The first-order valence-electron chi connectivity index (χ1n) is 6.51. The lowest BCUT2D eigenvalue weighted by Gasteiger charge is -2.14. The zero-order valence-electron chi connectivity index (χ0n) is 12.0. The van der Waals surface area contributed by atoms with Crippen LogP contribution in [0.2, 0.25) is 15.1 Å². The summed E-state index contributed by atoms with van der Waals surface area (Å²) in [6.07, 6.45) is -4.76. The van der Waals surface area contributed by atoms with Crippen molar-refractivity contribution in [3.8, 4) is 0 Å². The molecule has 0 fully saturated rings. The van der Waals surface area contributed by atoms with Crippen LogP contribution in [0.3, 0.4) is 0 Å². The Morgan fingerprint density at radius 2 is 1.36 bits per heavy atom. The van der Waals surface area contributed by atoms with E-state index in [2.05, 4.69) is 5.32 Å². The number of hydrogen-bond acceptors (Lipinski definition) is 2. The topological polar surface area (TPSA) is 58.2 Å². The minimum Gasteiger partial charge on any atom is -0.318 e. The Bertz CT molecular complexity index is 821. The number of hydrogen-bond donors (Lipinski definition) is 2. The maximum absolute atomic E-state index is 13.0. The third kappa shape index (κ3) is 5.26. The van der Waals surface area contributed by atoms with Gasteiger partial charge in [-0.1, -0.05) is 34.8 Å². The molecule has 132 valence electrons. The van der Waals surface area contributed by atoms with E-state index >= 15 is 0 Å². The molecule has 0 spiro atoms. The van der Waals surface area contributed by atoms with E-state index in [0.717, 1.165) is 12.1 Å². The summed E-state index contributed by atoms with van der Waals surface area (Å²) in [5, 5.41) is 4.34. The van der Waals surface area contributed by atoms with E-state index < -0.39 is 29.2 Å². The molecule has 4 nitrogen and oxygen atoms in total. The molecule has 0 heterocycles. The van der Waals surface area contributed by atoms with Crippen LogP contribution in [-0.4, -0.2) is 11.8 Å². The molecule has 10 heteroatoms. The van der Waals surface area contributed by atoms with E-state index in [4.69, 9.17) is 34.8 Å². The number of carbonyl (C=O) groups excluding carboxylic acids is 2. The zero-order valence-corrected chi connectivity index (χ0v) is 14.3. The van der Waals surface area contributed by atoms with Crippen molar-refractivity contribution in [1.29, 1.82) is 0 Å². The minimum atomic E-state index is -4.76. The Morgan fingerprint density at radius 3 is 1.92 bits per heavy atom. The number of halogens is 6. The Balaban J connectivity index is 2.18. The second-order valence-electron chi connectivity index (χ2n) is 4.75. The van der Waals surface area contributed by atoms with Crippen molar-refractivity contribution in [2.45, 2.75) is 6.18 Å². The average Bonchev–Trinajstić information content (AvgIpc) is 2.46. The van der Waals surface area contributed by atoms with Crippen LogP contribution < -0.4 is 10.6 Å². The van der Waals surface area contributed by atoms with Gasteiger partial charge in [-0.3, -0.25) is 9.59 Å². The summed E-state index contributed by atoms with van der Waals surface area (Å²) in [6, 6.07) is 6.80. The van der Waals surface area contributed by atoms with Crippen LogP contribution >= 0.6 is 34.8 Å². The smallest absolute Gasteiger partial charge is 0.318 e. The molecule has 0 bridgehead atoms. The monoisotopic (exact) mass is 410 g/mol. The van der Waals surface area contributed by atoms with Crippen molar-refractivity contribution in [1.82, 2.24) is 0 Å². The molecule has 2 rings (SSSR count). The maximum Gasteiger partial charge on any atom is 0.418 e. The van der Waals surface area contributed by atoms with Gasteiger partial charge in [0.25, 0.3) is 0 Å². The lowest BCUT2D eigenvalue weighted by atomic mass is 10.1. The Morgan fingerprint density at radius 1 is 0.800 bits per heavy atom. The molecule has 2 aromatic rings. The SMILES string of the molecule is O=C(Nc1cc(Cl)cc(Cl)c1)C(=O)Nc1ccc(Cl)cc1C(F)(F)F. The highest BCUT2D eigenvalue weighted by atomic mass is 35.5. The van der Waals surface area contributed by atoms with Gasteiger partial charge in [0.1, 0.15) is 0 Å². The molecule has 25 heavy (non-hydrogen) atoms. The fraction of sp³-hybridized carbons (Fsp3) is 0.0667. The molecule has 0 radical (unpaired) electrons. The lowest BCUT2D eigenvalue weighted by Crippen LogP contribution is -2.30. The summed E-state index contributed by atoms with van der Waals surface area (Å²) in [5.74, 6) is -2.50. The van der Waals surface area contributed by atoms with Gasteiger partial charge in [-0.15, -0.1) is 0 Å². The lowest BCUT2D eigenvalue weighted by molar-refractivity contribution is -0.137. The first kappa shape index (κ1) is 19.4.